The lowest BCUT2D eigenvalue weighted by Crippen LogP contribution is -2.74. The zero-order valence-corrected chi connectivity index (χ0v) is 18.3. The fraction of sp³-hybridized carbons (Fsp3) is 0.700. The monoisotopic (exact) mass is 454 g/mol. The molecule has 164 valence electrons. The van der Waals surface area contributed by atoms with Gasteiger partial charge < -0.3 is 30.2 Å². The molecule has 4 N–H and O–H groups in total. The number of fused-ring (bicyclic) bond motifs is 6. The van der Waals surface area contributed by atoms with Crippen molar-refractivity contribution in [2.45, 2.75) is 59.1 Å². The molecule has 10 heteroatoms. The van der Waals surface area contributed by atoms with E-state index in [1.807, 2.05) is 0 Å². The average Bonchev–Trinajstić information content (AvgIpc) is 3.29. The molecule has 0 saturated carbocycles. The minimum Gasteiger partial charge on any atom is -0.389 e. The van der Waals surface area contributed by atoms with Gasteiger partial charge in [0, 0.05) is 11.8 Å². The molecule has 0 bridgehead atoms. The van der Waals surface area contributed by atoms with Crippen LogP contribution in [0.15, 0.2) is 24.3 Å². The van der Waals surface area contributed by atoms with Gasteiger partial charge in [-0.25, -0.2) is 0 Å². The second kappa shape index (κ2) is 6.73. The van der Waals surface area contributed by atoms with Crippen LogP contribution in [0, 0.1) is 11.8 Å². The molecule has 10 atom stereocenters. The van der Waals surface area contributed by atoms with E-state index in [9.17, 15) is 30.0 Å². The lowest BCUT2D eigenvalue weighted by molar-refractivity contribution is -0.169. The van der Waals surface area contributed by atoms with Gasteiger partial charge in [-0.05, 0) is 25.4 Å². The van der Waals surface area contributed by atoms with Crippen LogP contribution in [0.25, 0.3) is 0 Å². The quantitative estimate of drug-likeness (QED) is 0.398. The highest BCUT2D eigenvalue weighted by molar-refractivity contribution is 8.01. The van der Waals surface area contributed by atoms with Crippen LogP contribution >= 0.6 is 23.5 Å². The van der Waals surface area contributed by atoms with Gasteiger partial charge in [0.1, 0.15) is 0 Å². The van der Waals surface area contributed by atoms with Crippen LogP contribution in [-0.4, -0.2) is 101 Å². The molecule has 0 aromatic carbocycles. The van der Waals surface area contributed by atoms with Crippen molar-refractivity contribution >= 4 is 35.3 Å². The first kappa shape index (κ1) is 20.8. The smallest absolute Gasteiger partial charge is 0.261 e. The maximum atomic E-state index is 14.1. The van der Waals surface area contributed by atoms with Crippen LogP contribution in [-0.2, 0) is 9.59 Å². The van der Waals surface area contributed by atoms with Gasteiger partial charge in [-0.3, -0.25) is 9.59 Å². The first-order chi connectivity index (χ1) is 14.2. The number of rotatable bonds is 2. The number of hydrogen-bond acceptors (Lipinski definition) is 8. The second-order valence-corrected chi connectivity index (χ2v) is 10.9. The third-order valence-electron chi connectivity index (χ3n) is 7.65. The van der Waals surface area contributed by atoms with Crippen molar-refractivity contribution in [1.82, 2.24) is 9.80 Å². The Labute approximate surface area is 183 Å². The van der Waals surface area contributed by atoms with Gasteiger partial charge in [0.25, 0.3) is 11.8 Å². The molecule has 3 heterocycles. The van der Waals surface area contributed by atoms with E-state index in [0.29, 0.717) is 0 Å². The van der Waals surface area contributed by atoms with Crippen molar-refractivity contribution in [2.75, 3.05) is 12.5 Å². The Morgan fingerprint density at radius 2 is 1.07 bits per heavy atom. The minimum absolute atomic E-state index is 0.221. The van der Waals surface area contributed by atoms with E-state index in [2.05, 4.69) is 0 Å². The summed E-state index contributed by atoms with van der Waals surface area (Å²) in [6, 6.07) is -1.40. The van der Waals surface area contributed by atoms with Crippen molar-refractivity contribution in [3.8, 4) is 0 Å². The summed E-state index contributed by atoms with van der Waals surface area (Å²) in [7, 11) is 0. The summed E-state index contributed by atoms with van der Waals surface area (Å²) in [6.45, 7) is 0. The van der Waals surface area contributed by atoms with Crippen molar-refractivity contribution in [2.24, 2.45) is 11.8 Å². The van der Waals surface area contributed by atoms with Gasteiger partial charge in [-0.1, -0.05) is 24.3 Å². The average molecular weight is 455 g/mol. The van der Waals surface area contributed by atoms with Crippen LogP contribution < -0.4 is 0 Å². The Morgan fingerprint density at radius 1 is 0.733 bits per heavy atom. The minimum atomic E-state index is -1.26. The Balaban J connectivity index is 1.68. The third kappa shape index (κ3) is 2.30. The maximum Gasteiger partial charge on any atom is 0.261 e. The molecule has 3 aliphatic heterocycles. The Kier molecular flexibility index (Phi) is 4.67. The Hall–Kier alpha value is -1.04. The highest BCUT2D eigenvalue weighted by atomic mass is 32.2. The highest BCUT2D eigenvalue weighted by Gasteiger charge is 2.74. The fourth-order valence-corrected chi connectivity index (χ4v) is 8.33. The van der Waals surface area contributed by atoms with Gasteiger partial charge in [-0.15, -0.1) is 23.5 Å². The van der Waals surface area contributed by atoms with Crippen LogP contribution in [0.3, 0.4) is 0 Å². The number of carbonyl (C=O) groups excluding carboxylic acids is 2. The zero-order chi connectivity index (χ0) is 21.6. The molecule has 10 unspecified atom stereocenters. The first-order valence-corrected chi connectivity index (χ1v) is 12.5. The van der Waals surface area contributed by atoms with E-state index >= 15 is 0 Å². The van der Waals surface area contributed by atoms with Crippen molar-refractivity contribution in [3.05, 3.63) is 24.3 Å². The number of amides is 2. The number of hydrogen-bond donors (Lipinski definition) is 4. The Morgan fingerprint density at radius 3 is 1.40 bits per heavy atom. The molecule has 5 rings (SSSR count). The second-order valence-electron chi connectivity index (χ2n) is 8.78. The van der Waals surface area contributed by atoms with Crippen LogP contribution in [0.5, 0.6) is 0 Å². The normalized spacial score (nSPS) is 51.7. The van der Waals surface area contributed by atoms with Gasteiger partial charge in [0.2, 0.25) is 0 Å². The first-order valence-electron chi connectivity index (χ1n) is 10.1. The van der Waals surface area contributed by atoms with Crippen molar-refractivity contribution in [1.29, 1.82) is 0 Å². The number of aliphatic hydroxyl groups is 4. The van der Waals surface area contributed by atoms with E-state index in [-0.39, 0.29) is 24.7 Å². The molecule has 30 heavy (non-hydrogen) atoms. The topological polar surface area (TPSA) is 122 Å². The summed E-state index contributed by atoms with van der Waals surface area (Å²) in [4.78, 5) is 28.7. The molecule has 3 saturated heterocycles. The number of carbonyl (C=O) groups is 2. The predicted molar refractivity (Wildman–Crippen MR) is 112 cm³/mol. The molecule has 5 aliphatic rings. The standard InChI is InChI=1S/C20H26N2O6S2/c1-29-19-7-9-11(23)3-5-13(25)15(9)21(19)18(28)20(30-2)8-10-12(24)4-6-14(26)16(10)22(20)17(19)27/h3-6,9-16,23-26H,7-8H2,1-2H3. The SMILES string of the molecule is CSC12CC3C(O)C=CC(O)C3N1C(=O)C1(SC)CC3C(O)C=CC(O)C3N1C2=O. The zero-order valence-electron chi connectivity index (χ0n) is 16.7. The van der Waals surface area contributed by atoms with Gasteiger partial charge in [-0.2, -0.15) is 0 Å². The fourth-order valence-electron chi connectivity index (χ4n) is 6.26. The van der Waals surface area contributed by atoms with Crippen LogP contribution in [0.1, 0.15) is 12.8 Å². The maximum absolute atomic E-state index is 14.1. The molecule has 2 aliphatic carbocycles. The lowest BCUT2D eigenvalue weighted by Gasteiger charge is -2.54. The summed E-state index contributed by atoms with van der Waals surface area (Å²) in [6.07, 6.45) is 6.33. The molecule has 0 radical (unpaired) electrons. The van der Waals surface area contributed by atoms with E-state index < -0.39 is 58.1 Å². The molecule has 0 aromatic rings. The third-order valence-corrected chi connectivity index (χ3v) is 10.1. The summed E-state index contributed by atoms with van der Waals surface area (Å²) in [5.74, 6) is -1.51. The van der Waals surface area contributed by atoms with Crippen LogP contribution in [0.4, 0.5) is 0 Å². The van der Waals surface area contributed by atoms with Crippen LogP contribution in [0.2, 0.25) is 0 Å². The van der Waals surface area contributed by atoms with E-state index in [4.69, 9.17) is 0 Å². The molecule has 0 spiro atoms. The molecule has 8 nitrogen and oxygen atoms in total. The number of aliphatic hydroxyl groups excluding tert-OH is 4. The summed E-state index contributed by atoms with van der Waals surface area (Å²) in [5, 5.41) is 42.5. The van der Waals surface area contributed by atoms with Gasteiger partial charge in [0.05, 0.1) is 36.5 Å². The van der Waals surface area contributed by atoms with Crippen molar-refractivity contribution in [3.63, 3.8) is 0 Å². The summed E-state index contributed by atoms with van der Waals surface area (Å²) in [5.41, 5.74) is 0. The number of thioether (sulfide) groups is 2. The van der Waals surface area contributed by atoms with Crippen molar-refractivity contribution < 1.29 is 30.0 Å². The molecule has 3 fully saturated rings. The summed E-state index contributed by atoms with van der Waals surface area (Å²) >= 11 is 2.48. The van der Waals surface area contributed by atoms with Gasteiger partial charge in [0.15, 0.2) is 9.74 Å². The highest BCUT2D eigenvalue weighted by Crippen LogP contribution is 2.60. The van der Waals surface area contributed by atoms with E-state index in [1.54, 1.807) is 12.5 Å². The van der Waals surface area contributed by atoms with Gasteiger partial charge >= 0.3 is 0 Å². The molecule has 2 amide bonds. The van der Waals surface area contributed by atoms with E-state index in [0.717, 1.165) is 0 Å². The Bertz CT molecular complexity index is 785. The lowest BCUT2D eigenvalue weighted by atomic mass is 9.84. The van der Waals surface area contributed by atoms with E-state index in [1.165, 1.54) is 57.6 Å². The number of nitrogens with zero attached hydrogens (tertiary/aromatic N) is 2. The summed E-state index contributed by atoms with van der Waals surface area (Å²) < 4.78 is 0. The molecular weight excluding hydrogens is 428 g/mol. The number of piperazine rings is 1. The largest absolute Gasteiger partial charge is 0.389 e. The predicted octanol–water partition coefficient (Wildman–Crippen LogP) is -0.864. The molecule has 0 aromatic heterocycles. The molecular formula is C20H26N2O6S2.